The van der Waals surface area contributed by atoms with Crippen LogP contribution in [0.4, 0.5) is 0 Å². The second-order valence-electron chi connectivity index (χ2n) is 7.54. The van der Waals surface area contributed by atoms with Gasteiger partial charge in [-0.2, -0.15) is 5.26 Å². The number of para-hydroxylation sites is 1. The Labute approximate surface area is 197 Å². The van der Waals surface area contributed by atoms with Crippen molar-refractivity contribution in [3.63, 3.8) is 0 Å². The predicted molar refractivity (Wildman–Crippen MR) is 125 cm³/mol. The summed E-state index contributed by atoms with van der Waals surface area (Å²) in [5.74, 6) is -1.72. The summed E-state index contributed by atoms with van der Waals surface area (Å²) in [5, 5.41) is 10.9. The first-order valence-electron chi connectivity index (χ1n) is 10.8. The van der Waals surface area contributed by atoms with Gasteiger partial charge in [-0.25, -0.2) is 18.2 Å². The fraction of sp³-hybridized carbons (Fsp3) is 0.292. The number of esters is 1. The highest BCUT2D eigenvalue weighted by atomic mass is 32.2. The van der Waals surface area contributed by atoms with Crippen molar-refractivity contribution >= 4 is 32.9 Å². The average Bonchev–Trinajstić information content (AvgIpc) is 3.31. The Morgan fingerprint density at radius 3 is 2.53 bits per heavy atom. The summed E-state index contributed by atoms with van der Waals surface area (Å²) < 4.78 is 36.4. The molecule has 1 unspecified atom stereocenters. The number of nitriles is 1. The van der Waals surface area contributed by atoms with Gasteiger partial charge in [0.25, 0.3) is 5.91 Å². The third kappa shape index (κ3) is 5.62. The normalized spacial score (nSPS) is 12.1. The topological polar surface area (TPSA) is 130 Å². The van der Waals surface area contributed by atoms with Crippen LogP contribution in [0.2, 0.25) is 0 Å². The molecule has 9 nitrogen and oxygen atoms in total. The molecule has 1 N–H and O–H groups in total. The zero-order valence-electron chi connectivity index (χ0n) is 18.9. The number of amides is 1. The molecule has 0 radical (unpaired) electrons. The SMILES string of the molecule is CCCCS(=O)(=O)NN(C(=O)c1c(C#N)ccc2ccoc12)C(CC)C(=O)Oc1ccccc1. The van der Waals surface area contributed by atoms with E-state index in [0.717, 1.165) is 5.01 Å². The molecule has 0 aliphatic carbocycles. The molecule has 0 aliphatic heterocycles. The minimum Gasteiger partial charge on any atom is -0.463 e. The lowest BCUT2D eigenvalue weighted by molar-refractivity contribution is -0.140. The first kappa shape index (κ1) is 25.0. The van der Waals surface area contributed by atoms with Gasteiger partial charge in [0.2, 0.25) is 10.0 Å². The third-order valence-electron chi connectivity index (χ3n) is 5.11. The van der Waals surface area contributed by atoms with Crippen LogP contribution in [0, 0.1) is 11.3 Å². The number of nitrogens with zero attached hydrogens (tertiary/aromatic N) is 2. The second-order valence-corrected chi connectivity index (χ2v) is 9.36. The molecule has 1 amide bonds. The minimum absolute atomic E-state index is 0.0171. The number of ether oxygens (including phenoxy) is 1. The van der Waals surface area contributed by atoms with Crippen LogP contribution >= 0.6 is 0 Å². The average molecular weight is 484 g/mol. The number of hydrogen-bond acceptors (Lipinski definition) is 7. The lowest BCUT2D eigenvalue weighted by atomic mass is 10.0. The van der Waals surface area contributed by atoms with Crippen LogP contribution in [0.3, 0.4) is 0 Å². The number of furan rings is 1. The molecule has 0 fully saturated rings. The van der Waals surface area contributed by atoms with Crippen molar-refractivity contribution in [2.75, 3.05) is 5.75 Å². The highest BCUT2D eigenvalue weighted by molar-refractivity contribution is 7.89. The van der Waals surface area contributed by atoms with Gasteiger partial charge in [-0.05, 0) is 43.2 Å². The van der Waals surface area contributed by atoms with Crippen LogP contribution in [0.5, 0.6) is 5.75 Å². The van der Waals surface area contributed by atoms with Crippen LogP contribution in [-0.2, 0) is 14.8 Å². The summed E-state index contributed by atoms with van der Waals surface area (Å²) in [4.78, 5) is 29.0. The zero-order chi connectivity index (χ0) is 24.7. The summed E-state index contributed by atoms with van der Waals surface area (Å²) in [6.07, 6.45) is 2.38. The maximum atomic E-state index is 13.7. The quantitative estimate of drug-likeness (QED) is 0.264. The number of unbranched alkanes of at least 4 members (excludes halogenated alkanes) is 1. The first-order valence-corrected chi connectivity index (χ1v) is 12.5. The molecule has 1 aromatic heterocycles. The number of hydrogen-bond donors (Lipinski definition) is 1. The minimum atomic E-state index is -3.98. The molecule has 0 aliphatic rings. The van der Waals surface area contributed by atoms with E-state index >= 15 is 0 Å². The van der Waals surface area contributed by atoms with Crippen molar-refractivity contribution in [3.8, 4) is 11.8 Å². The number of carbonyl (C=O) groups is 2. The van der Waals surface area contributed by atoms with Crippen molar-refractivity contribution in [2.45, 2.75) is 39.2 Å². The summed E-state index contributed by atoms with van der Waals surface area (Å²) in [5.41, 5.74) is -0.0428. The van der Waals surface area contributed by atoms with Gasteiger partial charge in [0.05, 0.1) is 17.6 Å². The Morgan fingerprint density at radius 2 is 1.88 bits per heavy atom. The predicted octanol–water partition coefficient (Wildman–Crippen LogP) is 3.77. The van der Waals surface area contributed by atoms with Crippen molar-refractivity contribution < 1.29 is 27.2 Å². The molecule has 0 bridgehead atoms. The van der Waals surface area contributed by atoms with Gasteiger partial charge in [-0.3, -0.25) is 4.79 Å². The van der Waals surface area contributed by atoms with Gasteiger partial charge in [-0.15, -0.1) is 4.83 Å². The first-order chi connectivity index (χ1) is 16.3. The number of nitrogens with one attached hydrogen (secondary N) is 1. The summed E-state index contributed by atoms with van der Waals surface area (Å²) in [6, 6.07) is 13.5. The van der Waals surface area contributed by atoms with Crippen LogP contribution in [-0.4, -0.2) is 37.1 Å². The molecule has 1 heterocycles. The maximum absolute atomic E-state index is 13.7. The molecule has 34 heavy (non-hydrogen) atoms. The summed E-state index contributed by atoms with van der Waals surface area (Å²) in [6.45, 7) is 3.46. The Bertz CT molecular complexity index is 1310. The van der Waals surface area contributed by atoms with Crippen molar-refractivity contribution in [1.29, 1.82) is 5.26 Å². The zero-order valence-corrected chi connectivity index (χ0v) is 19.7. The number of rotatable bonds is 10. The van der Waals surface area contributed by atoms with Gasteiger partial charge in [-0.1, -0.05) is 38.5 Å². The van der Waals surface area contributed by atoms with E-state index in [2.05, 4.69) is 4.83 Å². The highest BCUT2D eigenvalue weighted by Gasteiger charge is 2.36. The molecule has 178 valence electrons. The number of carbonyl (C=O) groups excluding carboxylic acids is 2. The Kier molecular flexibility index (Phi) is 8.04. The van der Waals surface area contributed by atoms with Crippen LogP contribution in [0.15, 0.2) is 59.2 Å². The van der Waals surface area contributed by atoms with E-state index in [1.54, 1.807) is 49.4 Å². The van der Waals surface area contributed by atoms with Gasteiger partial charge >= 0.3 is 5.97 Å². The van der Waals surface area contributed by atoms with Gasteiger partial charge in [0.1, 0.15) is 29.0 Å². The van der Waals surface area contributed by atoms with Crippen molar-refractivity contribution in [3.05, 3.63) is 65.9 Å². The molecule has 2 aromatic carbocycles. The van der Waals surface area contributed by atoms with E-state index in [1.807, 2.05) is 13.0 Å². The van der Waals surface area contributed by atoms with E-state index in [0.29, 0.717) is 18.2 Å². The Morgan fingerprint density at radius 1 is 1.15 bits per heavy atom. The van der Waals surface area contributed by atoms with Gasteiger partial charge < -0.3 is 9.15 Å². The van der Waals surface area contributed by atoms with E-state index in [-0.39, 0.29) is 34.6 Å². The number of fused-ring (bicyclic) bond motifs is 1. The van der Waals surface area contributed by atoms with Gasteiger partial charge in [0.15, 0.2) is 0 Å². The molecule has 3 rings (SSSR count). The smallest absolute Gasteiger partial charge is 0.335 e. The van der Waals surface area contributed by atoms with Crippen LogP contribution < -0.4 is 9.57 Å². The molecular weight excluding hydrogens is 458 g/mol. The van der Waals surface area contributed by atoms with Crippen LogP contribution in [0.25, 0.3) is 11.0 Å². The molecular formula is C24H25N3O6S. The number of hydrazine groups is 1. The van der Waals surface area contributed by atoms with Gasteiger partial charge in [0, 0.05) is 5.39 Å². The second kappa shape index (κ2) is 11.0. The monoisotopic (exact) mass is 483 g/mol. The molecule has 3 aromatic rings. The van der Waals surface area contributed by atoms with E-state index in [4.69, 9.17) is 9.15 Å². The molecule has 1 atom stereocenters. The number of benzene rings is 2. The molecule has 10 heteroatoms. The fourth-order valence-corrected chi connectivity index (χ4v) is 4.63. The van der Waals surface area contributed by atoms with Crippen molar-refractivity contribution in [2.24, 2.45) is 0 Å². The van der Waals surface area contributed by atoms with E-state index in [9.17, 15) is 23.3 Å². The largest absolute Gasteiger partial charge is 0.463 e. The third-order valence-corrected chi connectivity index (χ3v) is 6.41. The summed E-state index contributed by atoms with van der Waals surface area (Å²) in [7, 11) is -3.98. The highest BCUT2D eigenvalue weighted by Crippen LogP contribution is 2.26. The molecule has 0 spiro atoms. The standard InChI is InChI=1S/C24H25N3O6S/c1-3-5-15-34(30,31)26-27(20(4-2)24(29)33-19-9-7-6-8-10-19)23(28)21-18(16-25)12-11-17-13-14-32-22(17)21/h6-14,20,26H,3-5,15H2,1-2H3. The van der Waals surface area contributed by atoms with Crippen LogP contribution in [0.1, 0.15) is 49.0 Å². The van der Waals surface area contributed by atoms with E-state index < -0.39 is 27.9 Å². The lowest BCUT2D eigenvalue weighted by Gasteiger charge is -2.29. The molecule has 0 saturated carbocycles. The molecule has 0 saturated heterocycles. The van der Waals surface area contributed by atoms with E-state index in [1.165, 1.54) is 12.3 Å². The fourth-order valence-electron chi connectivity index (χ4n) is 3.36. The Balaban J connectivity index is 2.06. The maximum Gasteiger partial charge on any atom is 0.335 e. The van der Waals surface area contributed by atoms with Crippen molar-refractivity contribution in [1.82, 2.24) is 9.84 Å². The lowest BCUT2D eigenvalue weighted by Crippen LogP contribution is -2.56. The Hall–Kier alpha value is -3.68. The summed E-state index contributed by atoms with van der Waals surface area (Å²) >= 11 is 0. The number of sulfonamides is 1.